The van der Waals surface area contributed by atoms with Gasteiger partial charge in [-0.2, -0.15) is 26.3 Å². The maximum absolute atomic E-state index is 16.4. The Hall–Kier alpha value is -2.89. The quantitative estimate of drug-likeness (QED) is 0.132. The molecule has 0 bridgehead atoms. The van der Waals surface area contributed by atoms with E-state index < -0.39 is 34.2 Å². The number of hydrogen-bond donors (Lipinski definition) is 0. The fourth-order valence-electron chi connectivity index (χ4n) is 5.68. The maximum atomic E-state index is 16.4. The predicted octanol–water partition coefficient (Wildman–Crippen LogP) is 12.5. The molecule has 1 unspecified atom stereocenters. The van der Waals surface area contributed by atoms with E-state index in [-0.39, 0.29) is 20.9 Å². The molecular weight excluding hydrogens is 767 g/mol. The van der Waals surface area contributed by atoms with E-state index in [0.29, 0.717) is 51.1 Å². The molecule has 4 nitrogen and oxygen atoms in total. The van der Waals surface area contributed by atoms with E-state index in [0.717, 1.165) is 34.0 Å². The summed E-state index contributed by atoms with van der Waals surface area (Å²) < 4.78 is 118. The van der Waals surface area contributed by atoms with Crippen molar-refractivity contribution >= 4 is 79.6 Å². The van der Waals surface area contributed by atoms with Gasteiger partial charge in [-0.3, -0.25) is 0 Å². The first-order valence-electron chi connectivity index (χ1n) is 14.3. The Kier molecular flexibility index (Phi) is 8.96. The number of methoxy groups -OCH3 is 4. The minimum atomic E-state index is -5.73. The molecule has 49 heavy (non-hydrogen) atoms. The molecule has 0 saturated heterocycles. The van der Waals surface area contributed by atoms with Crippen LogP contribution in [0.3, 0.4) is 0 Å². The highest BCUT2D eigenvalue weighted by atomic mass is 32.2. The molecule has 5 aromatic heterocycles. The van der Waals surface area contributed by atoms with Gasteiger partial charge in [0.15, 0.2) is 15.2 Å². The third kappa shape index (κ3) is 5.53. The number of halogens is 6. The minimum Gasteiger partial charge on any atom is -0.491 e. The first-order valence-corrected chi connectivity index (χ1v) is 19.3. The summed E-state index contributed by atoms with van der Waals surface area (Å²) in [6, 6.07) is 12.7. The Bertz CT molecular complexity index is 2100. The van der Waals surface area contributed by atoms with E-state index >= 15 is 26.3 Å². The van der Waals surface area contributed by atoms with Crippen LogP contribution in [0.15, 0.2) is 59.7 Å². The monoisotopic (exact) mass is 790 g/mol. The Balaban J connectivity index is 1.53. The van der Waals surface area contributed by atoms with Crippen LogP contribution in [0.1, 0.15) is 27.7 Å². The summed E-state index contributed by atoms with van der Waals surface area (Å²) in [5.74, 6) is -16.2. The third-order valence-electron chi connectivity index (χ3n) is 8.01. The summed E-state index contributed by atoms with van der Waals surface area (Å²) in [6.45, 7) is 0. The lowest BCUT2D eigenvalue weighted by atomic mass is 9.93. The molecule has 0 aromatic carbocycles. The van der Waals surface area contributed by atoms with Crippen molar-refractivity contribution in [1.29, 1.82) is 0 Å². The van der Waals surface area contributed by atoms with Crippen molar-refractivity contribution in [2.24, 2.45) is 0 Å². The zero-order valence-electron chi connectivity index (χ0n) is 25.8. The van der Waals surface area contributed by atoms with Crippen molar-refractivity contribution in [3.05, 3.63) is 75.7 Å². The summed E-state index contributed by atoms with van der Waals surface area (Å²) in [5, 5.41) is 1.51. The van der Waals surface area contributed by atoms with Gasteiger partial charge < -0.3 is 18.9 Å². The average molecular weight is 791 g/mol. The summed E-state index contributed by atoms with van der Waals surface area (Å²) in [7, 11) is 5.86. The Morgan fingerprint density at radius 1 is 0.571 bits per heavy atom. The van der Waals surface area contributed by atoms with Gasteiger partial charge in [0.2, 0.25) is 0 Å². The van der Waals surface area contributed by atoms with E-state index in [9.17, 15) is 0 Å². The van der Waals surface area contributed by atoms with Gasteiger partial charge in [0, 0.05) is 51.5 Å². The molecule has 0 spiro atoms. The van der Waals surface area contributed by atoms with Crippen molar-refractivity contribution in [1.82, 2.24) is 0 Å². The van der Waals surface area contributed by atoms with Gasteiger partial charge in [-0.05, 0) is 61.0 Å². The van der Waals surface area contributed by atoms with Gasteiger partial charge in [-0.1, -0.05) is 45.8 Å². The lowest BCUT2D eigenvalue weighted by molar-refractivity contribution is -0.254. The Morgan fingerprint density at radius 2 is 1.06 bits per heavy atom. The van der Waals surface area contributed by atoms with Crippen molar-refractivity contribution in [2.75, 3.05) is 28.4 Å². The van der Waals surface area contributed by atoms with Crippen LogP contribution in [-0.2, 0) is 4.74 Å². The molecule has 258 valence electrons. The fraction of sp³-hybridized carbons (Fsp3) is 0.273. The molecule has 1 atom stereocenters. The number of hydrogen-bond acceptors (Lipinski definition) is 10. The van der Waals surface area contributed by atoms with E-state index in [1.165, 1.54) is 75.0 Å². The van der Waals surface area contributed by atoms with Crippen LogP contribution in [0.2, 0.25) is 0 Å². The maximum Gasteiger partial charge on any atom is 0.380 e. The zero-order valence-corrected chi connectivity index (χ0v) is 30.7. The highest BCUT2D eigenvalue weighted by Crippen LogP contribution is 2.68. The lowest BCUT2D eigenvalue weighted by Gasteiger charge is -2.26. The molecular formula is C33H24F6O4S6. The summed E-state index contributed by atoms with van der Waals surface area (Å²) in [4.78, 5) is 2.95. The van der Waals surface area contributed by atoms with Gasteiger partial charge in [0.1, 0.15) is 5.09 Å². The van der Waals surface area contributed by atoms with Crippen molar-refractivity contribution in [3.63, 3.8) is 0 Å². The van der Waals surface area contributed by atoms with E-state index in [2.05, 4.69) is 0 Å². The molecule has 1 aliphatic carbocycles. The molecule has 5 aromatic rings. The summed E-state index contributed by atoms with van der Waals surface area (Å²) in [6.07, 6.45) is 2.10. The summed E-state index contributed by atoms with van der Waals surface area (Å²) >= 11 is 6.93. The van der Waals surface area contributed by atoms with Gasteiger partial charge in [-0.15, -0.1) is 22.7 Å². The SMILES string of the molecule is COC1=CCC(c2sc(-c3ccc(OC)s3)cc2C2=C(c3cc(-c4ccc(OC)s4)sc3-c3ccc(OC)s3)C(F)(F)C(F)(F)C2(F)F)S1. The van der Waals surface area contributed by atoms with Crippen molar-refractivity contribution in [2.45, 2.75) is 29.4 Å². The average Bonchev–Trinajstić information content (AvgIpc) is 3.92. The van der Waals surface area contributed by atoms with Crippen LogP contribution in [-0.4, -0.2) is 46.2 Å². The van der Waals surface area contributed by atoms with Crippen LogP contribution >= 0.6 is 68.4 Å². The van der Waals surface area contributed by atoms with Crippen molar-refractivity contribution < 1.29 is 45.3 Å². The second-order valence-electron chi connectivity index (χ2n) is 10.8. The smallest absolute Gasteiger partial charge is 0.380 e. The van der Waals surface area contributed by atoms with Gasteiger partial charge in [0.05, 0.1) is 38.6 Å². The number of thioether (sulfide) groups is 1. The van der Waals surface area contributed by atoms with E-state index in [1.807, 2.05) is 0 Å². The molecule has 0 saturated carbocycles. The van der Waals surface area contributed by atoms with Crippen LogP contribution in [0.4, 0.5) is 26.3 Å². The topological polar surface area (TPSA) is 36.9 Å². The third-order valence-corrected chi connectivity index (χ3v) is 15.5. The molecule has 2 aliphatic rings. The number of allylic oxidation sites excluding steroid dienone is 3. The van der Waals surface area contributed by atoms with E-state index in [1.54, 1.807) is 42.5 Å². The molecule has 7 rings (SSSR count). The molecule has 0 amide bonds. The fourth-order valence-corrected chi connectivity index (χ4v) is 12.0. The van der Waals surface area contributed by atoms with E-state index in [4.69, 9.17) is 18.9 Å². The standard InChI is InChI=1S/C33H24F6O4S6/c1-40-23-9-5-17(44-23)21-13-15(29(48-21)19-7-11-25(42-3)46-19)27-28(32(36,37)33(38,39)31(27,34)35)16-14-22(18-6-10-24(41-2)45-18)49-30(16)20-8-12-26(43-4)47-20/h5-7,9-14,20H,8H2,1-4H3. The summed E-state index contributed by atoms with van der Waals surface area (Å²) in [5.41, 5.74) is -3.51. The molecule has 0 radical (unpaired) electrons. The second kappa shape index (κ2) is 12.7. The van der Waals surface area contributed by atoms with Crippen LogP contribution in [0.25, 0.3) is 40.4 Å². The van der Waals surface area contributed by atoms with Crippen LogP contribution in [0, 0.1) is 0 Å². The zero-order chi connectivity index (χ0) is 34.9. The Labute approximate surface area is 301 Å². The largest absolute Gasteiger partial charge is 0.491 e. The highest BCUT2D eigenvalue weighted by molar-refractivity contribution is 8.03. The number of rotatable bonds is 10. The molecule has 16 heteroatoms. The first kappa shape index (κ1) is 34.6. The molecule has 6 heterocycles. The van der Waals surface area contributed by atoms with Crippen LogP contribution in [0.5, 0.6) is 15.2 Å². The number of thiophene rings is 5. The molecule has 0 N–H and O–H groups in total. The second-order valence-corrected chi connectivity index (χ2v) is 17.2. The highest BCUT2D eigenvalue weighted by Gasteiger charge is 2.80. The van der Waals surface area contributed by atoms with Gasteiger partial charge >= 0.3 is 17.8 Å². The van der Waals surface area contributed by atoms with Crippen molar-refractivity contribution in [3.8, 4) is 44.5 Å². The first-order chi connectivity index (χ1) is 23.3. The number of alkyl halides is 6. The molecule has 0 fully saturated rings. The van der Waals surface area contributed by atoms with Gasteiger partial charge in [-0.25, -0.2) is 0 Å². The molecule has 1 aliphatic heterocycles. The predicted molar refractivity (Wildman–Crippen MR) is 190 cm³/mol. The normalized spacial score (nSPS) is 19.4. The van der Waals surface area contributed by atoms with Crippen LogP contribution < -0.4 is 14.2 Å². The number of ether oxygens (including phenoxy) is 4. The minimum absolute atomic E-state index is 0.148. The lowest BCUT2D eigenvalue weighted by Crippen LogP contribution is -2.48. The van der Waals surface area contributed by atoms with Gasteiger partial charge in [0.25, 0.3) is 0 Å². The Morgan fingerprint density at radius 3 is 1.57 bits per heavy atom.